The molecule has 5 atom stereocenters. The van der Waals surface area contributed by atoms with E-state index in [2.05, 4.69) is 22.5 Å². The second kappa shape index (κ2) is 20.0. The lowest BCUT2D eigenvalue weighted by Gasteiger charge is -2.49. The van der Waals surface area contributed by atoms with Gasteiger partial charge >= 0.3 is 23.6 Å². The molecule has 1 amide bonds. The number of nitrogens with one attached hydrogen (secondary N) is 3. The lowest BCUT2D eigenvalue weighted by atomic mass is 9.72. The first-order chi connectivity index (χ1) is 25.6. The number of nitrogens with two attached hydrogens (primary N) is 1. The second-order valence-corrected chi connectivity index (χ2v) is 16.7. The van der Waals surface area contributed by atoms with Gasteiger partial charge in [0.1, 0.15) is 30.3 Å². The molecule has 1 fully saturated rings. The van der Waals surface area contributed by atoms with Crippen molar-refractivity contribution in [2.45, 2.75) is 87.2 Å². The molecule has 1 saturated heterocycles. The van der Waals surface area contributed by atoms with Gasteiger partial charge in [0.15, 0.2) is 5.17 Å². The highest BCUT2D eigenvalue weighted by molar-refractivity contribution is 8.14. The molecule has 0 aromatic heterocycles. The lowest BCUT2D eigenvalue weighted by molar-refractivity contribution is -0.458. The van der Waals surface area contributed by atoms with Crippen molar-refractivity contribution in [3.63, 3.8) is 0 Å². The molecule has 2 aliphatic rings. The van der Waals surface area contributed by atoms with E-state index in [1.165, 1.54) is 29.0 Å². The SMILES string of the molecule is C=C(C=C[N+](CCC(C)(C)OC(=O)NC1=NC2(c3cc(CNCC(F)(F)F)ccc3F)COC(C)CC2C(CF)S1)=C(N)SC(C)CF)CNCC(F)(F)F. The zero-order chi connectivity index (χ0) is 41.2. The fraction of sp³-hybridized carbons (Fsp3) is 0.629. The maximum Gasteiger partial charge on any atom is 0.413 e. The maximum atomic E-state index is 15.6. The zero-order valence-corrected chi connectivity index (χ0v) is 32.5. The topological polar surface area (TPSA) is 113 Å². The van der Waals surface area contributed by atoms with Crippen LogP contribution in [-0.2, 0) is 21.6 Å². The Bertz CT molecular complexity index is 1570. The van der Waals surface area contributed by atoms with Crippen molar-refractivity contribution >= 4 is 40.0 Å². The quantitative estimate of drug-likeness (QED) is 0.0460. The van der Waals surface area contributed by atoms with Crippen LogP contribution in [0.3, 0.4) is 0 Å². The van der Waals surface area contributed by atoms with Crippen molar-refractivity contribution in [2.24, 2.45) is 16.6 Å². The minimum atomic E-state index is -4.46. The highest BCUT2D eigenvalue weighted by Gasteiger charge is 2.53. The van der Waals surface area contributed by atoms with Gasteiger partial charge in [0.25, 0.3) is 0 Å². The van der Waals surface area contributed by atoms with Crippen molar-refractivity contribution in [1.29, 1.82) is 0 Å². The number of benzene rings is 1. The average Bonchev–Trinajstić information content (AvgIpc) is 3.07. The first-order valence-corrected chi connectivity index (χ1v) is 19.1. The summed E-state index contributed by atoms with van der Waals surface area (Å²) in [6, 6.07) is 3.82. The minimum absolute atomic E-state index is 0.0109. The van der Waals surface area contributed by atoms with Crippen LogP contribution in [0.4, 0.5) is 44.3 Å². The molecule has 5 N–H and O–H groups in total. The van der Waals surface area contributed by atoms with Crippen LogP contribution in [0.2, 0.25) is 0 Å². The van der Waals surface area contributed by atoms with Crippen LogP contribution in [0, 0.1) is 11.7 Å². The molecule has 3 rings (SSSR count). The number of alkyl carbamates (subject to hydrolysis) is 1. The number of amides is 1. The number of rotatable bonds is 16. The minimum Gasteiger partial charge on any atom is -0.443 e. The van der Waals surface area contributed by atoms with Gasteiger partial charge in [-0.1, -0.05) is 31.3 Å². The summed E-state index contributed by atoms with van der Waals surface area (Å²) in [7, 11) is 0. The zero-order valence-electron chi connectivity index (χ0n) is 30.9. The summed E-state index contributed by atoms with van der Waals surface area (Å²) in [6.07, 6.45) is -6.80. The number of thioether (sulfide) groups is 2. The van der Waals surface area contributed by atoms with Crippen molar-refractivity contribution in [3.8, 4) is 0 Å². The molecule has 2 heterocycles. The molecular formula is C35H48F9N6O3S2+. The third-order valence-electron chi connectivity index (χ3n) is 8.63. The molecule has 2 aliphatic heterocycles. The molecular weight excluding hydrogens is 788 g/mol. The van der Waals surface area contributed by atoms with Gasteiger partial charge in [0, 0.05) is 41.5 Å². The van der Waals surface area contributed by atoms with E-state index in [1.807, 2.05) is 0 Å². The standard InChI is InChI=1S/C35H47F9N6O3S2/c1-21(16-46-18-34(39,40)41)8-10-50(29(45)54-23(3)14-36)11-9-32(4,5)53-31(51)48-30-49-33(20-52-22(2)12-26(33)28(15-37)55-30)25-13-24(6-7-27(25)38)17-47-19-35(42,43)44/h6-8,10,13,22-23,26,28,45-47H,1,9,11-12,14-20H2,2-5H3,(H,48,49,51)/p+1. The number of carbonyl (C=O) groups is 1. The molecule has 310 valence electrons. The highest BCUT2D eigenvalue weighted by atomic mass is 32.2. The second-order valence-electron chi connectivity index (χ2n) is 14.0. The van der Waals surface area contributed by atoms with Gasteiger partial charge in [-0.05, 0) is 68.3 Å². The lowest BCUT2D eigenvalue weighted by Crippen LogP contribution is -2.54. The number of ether oxygens (including phenoxy) is 2. The van der Waals surface area contributed by atoms with E-state index in [0.717, 1.165) is 29.6 Å². The first kappa shape index (κ1) is 46.4. The number of hydrogen-bond donors (Lipinski definition) is 4. The molecule has 1 aromatic rings. The first-order valence-electron chi connectivity index (χ1n) is 17.3. The molecule has 9 nitrogen and oxygen atoms in total. The van der Waals surface area contributed by atoms with Crippen molar-refractivity contribution in [3.05, 3.63) is 59.6 Å². The Balaban J connectivity index is 1.82. The number of carbonyl (C=O) groups excluding carboxylic acids is 1. The Morgan fingerprint density at radius 2 is 1.87 bits per heavy atom. The Morgan fingerprint density at radius 3 is 2.51 bits per heavy atom. The Morgan fingerprint density at radius 1 is 1.20 bits per heavy atom. The van der Waals surface area contributed by atoms with Crippen LogP contribution in [0.1, 0.15) is 51.7 Å². The molecule has 0 aliphatic carbocycles. The van der Waals surface area contributed by atoms with E-state index in [1.54, 1.807) is 27.7 Å². The van der Waals surface area contributed by atoms with E-state index in [9.17, 15) is 39.9 Å². The molecule has 0 saturated carbocycles. The maximum absolute atomic E-state index is 15.6. The molecule has 55 heavy (non-hydrogen) atoms. The monoisotopic (exact) mass is 835 g/mol. The number of amidine groups is 2. The van der Waals surface area contributed by atoms with Crippen molar-refractivity contribution in [1.82, 2.24) is 16.0 Å². The van der Waals surface area contributed by atoms with Crippen molar-refractivity contribution < 1.29 is 58.4 Å². The van der Waals surface area contributed by atoms with Crippen LogP contribution in [0.5, 0.6) is 0 Å². The van der Waals surface area contributed by atoms with Crippen LogP contribution in [0.15, 0.2) is 47.6 Å². The average molecular weight is 836 g/mol. The number of nitrogens with zero attached hydrogens (tertiary/aromatic N) is 2. The smallest absolute Gasteiger partial charge is 0.413 e. The number of halogens is 9. The van der Waals surface area contributed by atoms with Crippen LogP contribution in [-0.4, -0.2) is 102 Å². The summed E-state index contributed by atoms with van der Waals surface area (Å²) in [5, 5.41) is 5.85. The van der Waals surface area contributed by atoms with Gasteiger partial charge in [0.2, 0.25) is 0 Å². The number of alkyl halides is 8. The summed E-state index contributed by atoms with van der Waals surface area (Å²) < 4.78 is 133. The highest BCUT2D eigenvalue weighted by Crippen LogP contribution is 2.50. The Labute approximate surface area is 323 Å². The van der Waals surface area contributed by atoms with Gasteiger partial charge in [-0.25, -0.2) is 27.5 Å². The fourth-order valence-corrected chi connectivity index (χ4v) is 7.86. The van der Waals surface area contributed by atoms with Gasteiger partial charge in [0.05, 0.1) is 38.5 Å². The Hall–Kier alpha value is -2.94. The third-order valence-corrected chi connectivity index (χ3v) is 10.8. The summed E-state index contributed by atoms with van der Waals surface area (Å²) in [5.74, 6) is -1.33. The van der Waals surface area contributed by atoms with Crippen LogP contribution in [0.25, 0.3) is 0 Å². The van der Waals surface area contributed by atoms with Gasteiger partial charge in [-0.2, -0.15) is 26.3 Å². The molecule has 20 heteroatoms. The van der Waals surface area contributed by atoms with Crippen molar-refractivity contribution in [2.75, 3.05) is 46.1 Å². The van der Waals surface area contributed by atoms with E-state index in [0.29, 0.717) is 11.1 Å². The number of aliphatic imine (C=N–C) groups is 1. The summed E-state index contributed by atoms with van der Waals surface area (Å²) in [6.45, 7) is 5.84. The predicted octanol–water partition coefficient (Wildman–Crippen LogP) is 7.07. The summed E-state index contributed by atoms with van der Waals surface area (Å²) in [5.41, 5.74) is 4.14. The summed E-state index contributed by atoms with van der Waals surface area (Å²) in [4.78, 5) is 18.0. The van der Waals surface area contributed by atoms with Gasteiger partial charge < -0.3 is 20.1 Å². The predicted molar refractivity (Wildman–Crippen MR) is 197 cm³/mol. The van der Waals surface area contributed by atoms with E-state index >= 15 is 4.39 Å². The summed E-state index contributed by atoms with van der Waals surface area (Å²) >= 11 is 1.97. The van der Waals surface area contributed by atoms with Crippen LogP contribution < -0.4 is 21.7 Å². The molecule has 0 radical (unpaired) electrons. The fourth-order valence-electron chi connectivity index (χ4n) is 5.89. The van der Waals surface area contributed by atoms with E-state index in [-0.39, 0.29) is 61.1 Å². The van der Waals surface area contributed by atoms with Gasteiger partial charge in [-0.3, -0.25) is 11.1 Å². The van der Waals surface area contributed by atoms with E-state index < -0.39 is 78.3 Å². The van der Waals surface area contributed by atoms with Crippen LogP contribution >= 0.6 is 23.5 Å². The molecule has 1 aromatic carbocycles. The third kappa shape index (κ3) is 14.8. The normalized spacial score (nSPS) is 23.1. The largest absolute Gasteiger partial charge is 0.443 e. The number of fused-ring (bicyclic) bond motifs is 1. The number of hydrogen-bond acceptors (Lipinski definition) is 8. The molecule has 0 spiro atoms. The molecule has 5 unspecified atom stereocenters. The molecule has 0 bridgehead atoms. The van der Waals surface area contributed by atoms with E-state index in [4.69, 9.17) is 20.2 Å². The Kier molecular flexibility index (Phi) is 16.9. The van der Waals surface area contributed by atoms with Gasteiger partial charge in [-0.15, -0.1) is 0 Å².